The quantitative estimate of drug-likeness (QED) is 0.780. The van der Waals surface area contributed by atoms with Crippen LogP contribution in [0.2, 0.25) is 5.02 Å². The van der Waals surface area contributed by atoms with Crippen molar-refractivity contribution in [3.63, 3.8) is 0 Å². The van der Waals surface area contributed by atoms with E-state index in [4.69, 9.17) is 16.7 Å². The predicted molar refractivity (Wildman–Crippen MR) is 87.3 cm³/mol. The van der Waals surface area contributed by atoms with Gasteiger partial charge in [-0.05, 0) is 18.1 Å². The van der Waals surface area contributed by atoms with Crippen molar-refractivity contribution in [1.29, 1.82) is 0 Å². The molecule has 0 fully saturated rings. The average Bonchev–Trinajstić information content (AvgIpc) is 2.90. The zero-order chi connectivity index (χ0) is 15.9. The molecule has 0 radical (unpaired) electrons. The summed E-state index contributed by atoms with van der Waals surface area (Å²) in [5.41, 5.74) is 3.80. The predicted octanol–water partition coefficient (Wildman–Crippen LogP) is 4.39. The third-order valence-electron chi connectivity index (χ3n) is 3.41. The molecule has 0 aliphatic heterocycles. The number of benzene rings is 1. The summed E-state index contributed by atoms with van der Waals surface area (Å²) >= 11 is 6.39. The van der Waals surface area contributed by atoms with E-state index in [1.165, 1.54) is 6.20 Å². The lowest BCUT2D eigenvalue weighted by molar-refractivity contribution is 0.0691. The minimum absolute atomic E-state index is 0.0212. The molecule has 2 heterocycles. The van der Waals surface area contributed by atoms with E-state index in [1.54, 1.807) is 10.6 Å². The molecule has 0 saturated heterocycles. The fraction of sp³-hybridized carbons (Fsp3) is 0.0588. The Morgan fingerprint density at radius 2 is 1.95 bits per heavy atom. The van der Waals surface area contributed by atoms with Gasteiger partial charge in [-0.1, -0.05) is 48.5 Å². The molecule has 3 rings (SSSR count). The molecule has 0 saturated carbocycles. The number of carbonyl (C=O) groups is 1. The van der Waals surface area contributed by atoms with Crippen LogP contribution >= 0.6 is 11.6 Å². The number of nitrogens with zero attached hydrogens (tertiary/aromatic N) is 2. The van der Waals surface area contributed by atoms with Gasteiger partial charge in [0.1, 0.15) is 5.65 Å². The van der Waals surface area contributed by atoms with Gasteiger partial charge in [0.05, 0.1) is 5.02 Å². The van der Waals surface area contributed by atoms with Crippen LogP contribution in [0.3, 0.4) is 0 Å². The normalized spacial score (nSPS) is 10.8. The second-order valence-electron chi connectivity index (χ2n) is 5.04. The molecule has 0 aliphatic rings. The van der Waals surface area contributed by atoms with Gasteiger partial charge in [-0.25, -0.2) is 9.78 Å². The van der Waals surface area contributed by atoms with Crippen molar-refractivity contribution in [1.82, 2.24) is 9.38 Å². The number of fused-ring (bicyclic) bond motifs is 1. The number of carboxylic acids is 1. The van der Waals surface area contributed by atoms with Crippen molar-refractivity contribution in [2.45, 2.75) is 6.92 Å². The van der Waals surface area contributed by atoms with Gasteiger partial charge in [-0.2, -0.15) is 0 Å². The molecule has 110 valence electrons. The minimum Gasteiger partial charge on any atom is -0.476 e. The first-order chi connectivity index (χ1) is 10.5. The van der Waals surface area contributed by atoms with Crippen molar-refractivity contribution in [3.8, 4) is 11.1 Å². The maximum absolute atomic E-state index is 11.2. The van der Waals surface area contributed by atoms with E-state index in [9.17, 15) is 4.79 Å². The van der Waals surface area contributed by atoms with E-state index < -0.39 is 5.97 Å². The Morgan fingerprint density at radius 3 is 2.55 bits per heavy atom. The maximum atomic E-state index is 11.2. The monoisotopic (exact) mass is 312 g/mol. The van der Waals surface area contributed by atoms with Crippen LogP contribution in [0.25, 0.3) is 22.3 Å². The van der Waals surface area contributed by atoms with Gasteiger partial charge >= 0.3 is 5.97 Å². The van der Waals surface area contributed by atoms with Gasteiger partial charge in [-0.3, -0.25) is 0 Å². The van der Waals surface area contributed by atoms with E-state index in [0.717, 1.165) is 22.3 Å². The first-order valence-corrected chi connectivity index (χ1v) is 7.02. The smallest absolute Gasteiger partial charge is 0.356 e. The highest BCUT2D eigenvalue weighted by Crippen LogP contribution is 2.36. The second kappa shape index (κ2) is 5.31. The molecular weight excluding hydrogens is 300 g/mol. The van der Waals surface area contributed by atoms with Crippen molar-refractivity contribution in [2.75, 3.05) is 0 Å². The summed E-state index contributed by atoms with van der Waals surface area (Å²) in [7, 11) is 0. The lowest BCUT2D eigenvalue weighted by Crippen LogP contribution is -1.96. The van der Waals surface area contributed by atoms with E-state index in [-0.39, 0.29) is 5.69 Å². The number of carboxylic acid groups (broad SMARTS) is 1. The highest BCUT2D eigenvalue weighted by Gasteiger charge is 2.19. The number of aromatic carboxylic acids is 1. The zero-order valence-corrected chi connectivity index (χ0v) is 12.6. The minimum atomic E-state index is -1.07. The van der Waals surface area contributed by atoms with Gasteiger partial charge in [0.25, 0.3) is 0 Å². The Labute approximate surface area is 132 Å². The molecule has 2 aromatic heterocycles. The summed E-state index contributed by atoms with van der Waals surface area (Å²) in [6.45, 7) is 5.85. The van der Waals surface area contributed by atoms with E-state index in [1.807, 2.05) is 37.3 Å². The summed E-state index contributed by atoms with van der Waals surface area (Å²) in [5, 5.41) is 9.68. The maximum Gasteiger partial charge on any atom is 0.356 e. The van der Waals surface area contributed by atoms with Gasteiger partial charge in [-0.15, -0.1) is 0 Å². The first-order valence-electron chi connectivity index (χ1n) is 6.65. The summed E-state index contributed by atoms with van der Waals surface area (Å²) in [6.07, 6.45) is 3.12. The largest absolute Gasteiger partial charge is 0.476 e. The fourth-order valence-electron chi connectivity index (χ4n) is 2.49. The lowest BCUT2D eigenvalue weighted by atomic mass is 9.97. The van der Waals surface area contributed by atoms with Gasteiger partial charge in [0, 0.05) is 23.5 Å². The van der Waals surface area contributed by atoms with Crippen LogP contribution in [-0.4, -0.2) is 20.5 Å². The molecule has 0 aliphatic carbocycles. The number of aromatic nitrogens is 2. The Kier molecular flexibility index (Phi) is 3.47. The molecule has 1 aromatic carbocycles. The molecule has 3 aromatic rings. The van der Waals surface area contributed by atoms with E-state index in [2.05, 4.69) is 11.6 Å². The third kappa shape index (κ3) is 2.27. The molecule has 1 N–H and O–H groups in total. The zero-order valence-electron chi connectivity index (χ0n) is 11.9. The van der Waals surface area contributed by atoms with Crippen molar-refractivity contribution in [3.05, 3.63) is 65.6 Å². The number of hydrogen-bond acceptors (Lipinski definition) is 2. The summed E-state index contributed by atoms with van der Waals surface area (Å²) < 4.78 is 1.64. The van der Waals surface area contributed by atoms with E-state index in [0.29, 0.717) is 10.7 Å². The third-order valence-corrected chi connectivity index (χ3v) is 3.69. The molecule has 0 spiro atoms. The van der Waals surface area contributed by atoms with Crippen LogP contribution in [0, 0.1) is 0 Å². The highest BCUT2D eigenvalue weighted by atomic mass is 35.5. The Bertz CT molecular complexity index is 898. The van der Waals surface area contributed by atoms with Crippen LogP contribution in [0.4, 0.5) is 0 Å². The van der Waals surface area contributed by atoms with Gasteiger partial charge in [0.15, 0.2) is 5.69 Å². The second-order valence-corrected chi connectivity index (χ2v) is 5.44. The van der Waals surface area contributed by atoms with Gasteiger partial charge < -0.3 is 9.51 Å². The number of halogens is 1. The van der Waals surface area contributed by atoms with Crippen LogP contribution in [-0.2, 0) is 0 Å². The Balaban J connectivity index is 2.45. The number of rotatable bonds is 3. The fourth-order valence-corrected chi connectivity index (χ4v) is 2.85. The SMILES string of the molecule is C=C(C)c1c(Cl)cn2cc(C(=O)O)nc2c1-c1ccccc1. The van der Waals surface area contributed by atoms with Crippen LogP contribution in [0.5, 0.6) is 0 Å². The van der Waals surface area contributed by atoms with Crippen molar-refractivity contribution < 1.29 is 9.90 Å². The topological polar surface area (TPSA) is 54.6 Å². The standard InChI is InChI=1S/C17H13ClN2O2/c1-10(2)14-12(18)8-20-9-13(17(21)22)19-16(20)15(14)11-6-4-3-5-7-11/h3-9H,1H2,2H3,(H,21,22). The summed E-state index contributed by atoms with van der Waals surface area (Å²) in [6, 6.07) is 9.62. The molecule has 0 bridgehead atoms. The average molecular weight is 313 g/mol. The number of hydrogen-bond donors (Lipinski definition) is 1. The Hall–Kier alpha value is -2.59. The number of imidazole rings is 1. The number of allylic oxidation sites excluding steroid dienone is 1. The van der Waals surface area contributed by atoms with Gasteiger partial charge in [0.2, 0.25) is 0 Å². The van der Waals surface area contributed by atoms with Crippen LogP contribution in [0.1, 0.15) is 23.0 Å². The van der Waals surface area contributed by atoms with Crippen LogP contribution < -0.4 is 0 Å². The Morgan fingerprint density at radius 1 is 1.27 bits per heavy atom. The molecule has 4 nitrogen and oxygen atoms in total. The number of pyridine rings is 1. The molecule has 0 unspecified atom stereocenters. The molecule has 22 heavy (non-hydrogen) atoms. The molecule has 5 heteroatoms. The van der Waals surface area contributed by atoms with Crippen LogP contribution in [0.15, 0.2) is 49.3 Å². The van der Waals surface area contributed by atoms with Crippen molar-refractivity contribution in [2.24, 2.45) is 0 Å². The lowest BCUT2D eigenvalue weighted by Gasteiger charge is -2.13. The van der Waals surface area contributed by atoms with Crippen molar-refractivity contribution >= 4 is 28.8 Å². The summed E-state index contributed by atoms with van der Waals surface area (Å²) in [5.74, 6) is -1.07. The molecular formula is C17H13ClN2O2. The summed E-state index contributed by atoms with van der Waals surface area (Å²) in [4.78, 5) is 15.4. The highest BCUT2D eigenvalue weighted by molar-refractivity contribution is 6.33. The first kappa shape index (κ1) is 14.4. The molecule has 0 amide bonds. The molecule has 0 atom stereocenters. The van der Waals surface area contributed by atoms with E-state index >= 15 is 0 Å².